The second kappa shape index (κ2) is 5.09. The lowest BCUT2D eigenvalue weighted by Gasteiger charge is -2.03. The molecule has 3 aromatic heterocycles. The molecule has 0 amide bonds. The van der Waals surface area contributed by atoms with Crippen molar-refractivity contribution in [2.45, 2.75) is 20.5 Å². The fraction of sp³-hybridized carbons (Fsp3) is 0.250. The zero-order chi connectivity index (χ0) is 15.0. The minimum Gasteiger partial charge on any atom is -0.453 e. The van der Waals surface area contributed by atoms with Gasteiger partial charge >= 0.3 is 5.97 Å². The second-order valence-electron chi connectivity index (χ2n) is 4.36. The van der Waals surface area contributed by atoms with Gasteiger partial charge in [0, 0.05) is 5.56 Å². The first-order valence-corrected chi connectivity index (χ1v) is 6.76. The Balaban J connectivity index is 1.83. The van der Waals surface area contributed by atoms with Gasteiger partial charge in [0.2, 0.25) is 5.71 Å². The van der Waals surface area contributed by atoms with Crippen LogP contribution in [0.1, 0.15) is 27.6 Å². The predicted octanol–water partition coefficient (Wildman–Crippen LogP) is 1.63. The normalized spacial score (nSPS) is 11.0. The van der Waals surface area contributed by atoms with Crippen LogP contribution in [0.15, 0.2) is 10.6 Å². The Morgan fingerprint density at radius 3 is 2.95 bits per heavy atom. The molecule has 2 N–H and O–H groups in total. The number of furan rings is 1. The number of aromatic nitrogens is 4. The number of fused-ring (bicyclic) bond motifs is 1. The highest BCUT2D eigenvalue weighted by Gasteiger charge is 2.16. The summed E-state index contributed by atoms with van der Waals surface area (Å²) in [4.78, 5) is 20.0. The molecule has 0 aliphatic rings. The summed E-state index contributed by atoms with van der Waals surface area (Å²) in [6, 6.07) is 0. The molecule has 0 radical (unpaired) electrons. The number of carbonyl (C=O) groups excluding carboxylic acids is 1. The first-order chi connectivity index (χ1) is 10.1. The Hall–Kier alpha value is -2.55. The van der Waals surface area contributed by atoms with Crippen molar-refractivity contribution in [2.24, 2.45) is 0 Å². The summed E-state index contributed by atoms with van der Waals surface area (Å²) in [6.07, 6.45) is 1.34. The predicted molar refractivity (Wildman–Crippen MR) is 74.7 cm³/mol. The third-order valence-electron chi connectivity index (χ3n) is 3.01. The molecule has 0 saturated heterocycles. The summed E-state index contributed by atoms with van der Waals surface area (Å²) in [6.45, 7) is 3.59. The molecule has 9 heteroatoms. The highest BCUT2D eigenvalue weighted by atomic mass is 32.1. The van der Waals surface area contributed by atoms with E-state index in [-0.39, 0.29) is 18.1 Å². The van der Waals surface area contributed by atoms with Gasteiger partial charge in [-0.15, -0.1) is 0 Å². The van der Waals surface area contributed by atoms with E-state index in [1.165, 1.54) is 6.20 Å². The summed E-state index contributed by atoms with van der Waals surface area (Å²) in [5.74, 6) is 0.715. The van der Waals surface area contributed by atoms with Crippen LogP contribution in [-0.2, 0) is 11.3 Å². The number of aryl methyl sites for hydroxylation is 2. The fourth-order valence-corrected chi connectivity index (χ4v) is 2.25. The van der Waals surface area contributed by atoms with Crippen molar-refractivity contribution in [1.82, 2.24) is 18.7 Å². The maximum atomic E-state index is 11.7. The van der Waals surface area contributed by atoms with Crippen molar-refractivity contribution in [1.29, 1.82) is 0 Å². The van der Waals surface area contributed by atoms with Gasteiger partial charge in [0.05, 0.1) is 23.3 Å². The van der Waals surface area contributed by atoms with Crippen molar-refractivity contribution < 1.29 is 13.9 Å². The highest BCUT2D eigenvalue weighted by Crippen LogP contribution is 2.27. The van der Waals surface area contributed by atoms with Crippen LogP contribution in [-0.4, -0.2) is 24.7 Å². The van der Waals surface area contributed by atoms with E-state index in [1.807, 2.05) is 13.8 Å². The van der Waals surface area contributed by atoms with E-state index in [4.69, 9.17) is 14.9 Å². The summed E-state index contributed by atoms with van der Waals surface area (Å²) < 4.78 is 18.1. The quantitative estimate of drug-likeness (QED) is 0.725. The van der Waals surface area contributed by atoms with Gasteiger partial charge in [-0.3, -0.25) is 0 Å². The second-order valence-corrected chi connectivity index (χ2v) is 4.91. The molecule has 0 aromatic carbocycles. The number of anilines is 1. The summed E-state index contributed by atoms with van der Waals surface area (Å²) in [7, 11) is 0. The van der Waals surface area contributed by atoms with Gasteiger partial charge in [-0.25, -0.2) is 9.78 Å². The third-order valence-corrected chi connectivity index (χ3v) is 3.48. The van der Waals surface area contributed by atoms with E-state index < -0.39 is 5.97 Å². The molecule has 0 aliphatic heterocycles. The number of hydrogen-bond donors (Lipinski definition) is 1. The molecule has 3 rings (SSSR count). The SMILES string of the molecule is Cc1oc2nc(COC(=O)c3cnsn3)nc(N)c2c1C. The van der Waals surface area contributed by atoms with Crippen molar-refractivity contribution in [3.8, 4) is 0 Å². The molecule has 0 atom stereocenters. The van der Waals surface area contributed by atoms with Crippen LogP contribution in [0.4, 0.5) is 5.82 Å². The number of ether oxygens (including phenoxy) is 1. The minimum atomic E-state index is -0.585. The van der Waals surface area contributed by atoms with Crippen molar-refractivity contribution in [3.63, 3.8) is 0 Å². The molecule has 3 aromatic rings. The van der Waals surface area contributed by atoms with Crippen LogP contribution in [0, 0.1) is 13.8 Å². The number of carbonyl (C=O) groups is 1. The van der Waals surface area contributed by atoms with E-state index >= 15 is 0 Å². The lowest BCUT2D eigenvalue weighted by atomic mass is 10.2. The van der Waals surface area contributed by atoms with Crippen LogP contribution in [0.5, 0.6) is 0 Å². The lowest BCUT2D eigenvalue weighted by molar-refractivity contribution is 0.0456. The first kappa shape index (κ1) is 13.4. The van der Waals surface area contributed by atoms with Gasteiger partial charge in [0.1, 0.15) is 11.6 Å². The molecule has 0 bridgehead atoms. The maximum Gasteiger partial charge on any atom is 0.360 e. The maximum absolute atomic E-state index is 11.7. The van der Waals surface area contributed by atoms with Crippen LogP contribution in [0.25, 0.3) is 11.1 Å². The lowest BCUT2D eigenvalue weighted by Crippen LogP contribution is -2.08. The Kier molecular flexibility index (Phi) is 3.26. The van der Waals surface area contributed by atoms with Crippen molar-refractivity contribution in [3.05, 3.63) is 29.0 Å². The average Bonchev–Trinajstić information content (AvgIpc) is 3.06. The van der Waals surface area contributed by atoms with E-state index in [0.29, 0.717) is 16.9 Å². The smallest absolute Gasteiger partial charge is 0.360 e. The number of rotatable bonds is 3. The van der Waals surface area contributed by atoms with Gasteiger partial charge in [0.15, 0.2) is 18.1 Å². The topological polar surface area (TPSA) is 117 Å². The summed E-state index contributed by atoms with van der Waals surface area (Å²) >= 11 is 0.931. The van der Waals surface area contributed by atoms with Gasteiger partial charge in [-0.2, -0.15) is 13.7 Å². The highest BCUT2D eigenvalue weighted by molar-refractivity contribution is 6.99. The number of nitrogens with zero attached hydrogens (tertiary/aromatic N) is 4. The van der Waals surface area contributed by atoms with E-state index in [9.17, 15) is 4.79 Å². The molecule has 0 fully saturated rings. The molecular formula is C12H11N5O3S. The number of esters is 1. The number of hydrogen-bond acceptors (Lipinski definition) is 9. The molecule has 21 heavy (non-hydrogen) atoms. The van der Waals surface area contributed by atoms with E-state index in [1.54, 1.807) is 0 Å². The van der Waals surface area contributed by atoms with E-state index in [2.05, 4.69) is 18.7 Å². The average molecular weight is 305 g/mol. The molecule has 0 saturated carbocycles. The Morgan fingerprint density at radius 2 is 2.24 bits per heavy atom. The molecule has 108 valence electrons. The van der Waals surface area contributed by atoms with Crippen LogP contribution in [0.3, 0.4) is 0 Å². The number of nitrogens with two attached hydrogens (primary N) is 1. The van der Waals surface area contributed by atoms with E-state index in [0.717, 1.165) is 23.1 Å². The monoisotopic (exact) mass is 305 g/mol. The standard InChI is InChI=1S/C12H11N5O3S/c1-5-6(2)20-11-9(5)10(13)15-8(16-11)4-19-12(18)7-3-14-21-17-7/h3H,4H2,1-2H3,(H2,13,15,16). The van der Waals surface area contributed by atoms with Gasteiger partial charge in [-0.1, -0.05) is 0 Å². The van der Waals surface area contributed by atoms with Crippen LogP contribution in [0.2, 0.25) is 0 Å². The van der Waals surface area contributed by atoms with Crippen molar-refractivity contribution >= 4 is 34.6 Å². The molecular weight excluding hydrogens is 294 g/mol. The van der Waals surface area contributed by atoms with Crippen LogP contribution < -0.4 is 5.73 Å². The molecule has 8 nitrogen and oxygen atoms in total. The number of nitrogen functional groups attached to an aromatic ring is 1. The third kappa shape index (κ3) is 2.42. The Morgan fingerprint density at radius 1 is 1.43 bits per heavy atom. The summed E-state index contributed by atoms with van der Waals surface area (Å²) in [5.41, 5.74) is 7.34. The molecule has 0 spiro atoms. The van der Waals surface area contributed by atoms with Crippen LogP contribution >= 0.6 is 11.7 Å². The fourth-order valence-electron chi connectivity index (χ4n) is 1.85. The minimum absolute atomic E-state index is 0.116. The van der Waals surface area contributed by atoms with Crippen molar-refractivity contribution in [2.75, 3.05) is 5.73 Å². The largest absolute Gasteiger partial charge is 0.453 e. The molecule has 0 unspecified atom stereocenters. The zero-order valence-electron chi connectivity index (χ0n) is 11.3. The Labute approximate surface area is 123 Å². The van der Waals surface area contributed by atoms with Gasteiger partial charge < -0.3 is 14.9 Å². The summed E-state index contributed by atoms with van der Waals surface area (Å²) in [5, 5.41) is 0.686. The Bertz CT molecular complexity index is 812. The zero-order valence-corrected chi connectivity index (χ0v) is 12.1. The van der Waals surface area contributed by atoms with Gasteiger partial charge in [-0.05, 0) is 13.8 Å². The van der Waals surface area contributed by atoms with Gasteiger partial charge in [0.25, 0.3) is 0 Å². The molecule has 0 aliphatic carbocycles. The molecule has 3 heterocycles. The first-order valence-electron chi connectivity index (χ1n) is 6.03.